The van der Waals surface area contributed by atoms with Crippen molar-refractivity contribution < 1.29 is 14.7 Å². The van der Waals surface area contributed by atoms with Crippen molar-refractivity contribution in [1.82, 2.24) is 4.98 Å². The molecule has 0 aliphatic carbocycles. The Balaban J connectivity index is 0.000000461. The van der Waals surface area contributed by atoms with E-state index in [1.54, 1.807) is 0 Å². The summed E-state index contributed by atoms with van der Waals surface area (Å²) in [6, 6.07) is 1.49. The van der Waals surface area contributed by atoms with Gasteiger partial charge in [0, 0.05) is 18.9 Å². The fourth-order valence-electron chi connectivity index (χ4n) is 0.566. The highest BCUT2D eigenvalue weighted by atomic mass is 16.2. The molecule has 4 heteroatoms. The molecule has 0 bridgehead atoms. The molecule has 0 aliphatic heterocycles. The van der Waals surface area contributed by atoms with Gasteiger partial charge in [-0.1, -0.05) is 0 Å². The van der Waals surface area contributed by atoms with Gasteiger partial charge in [0.2, 0.25) is 0 Å². The maximum Gasteiger partial charge on any atom is 0.166 e. The number of hydrogen-bond acceptors (Lipinski definition) is 3. The lowest BCUT2D eigenvalue weighted by Crippen LogP contribution is -1.73. The molecule has 0 radical (unpaired) electrons. The molecule has 60 valence electrons. The predicted octanol–water partition coefficient (Wildman–Crippen LogP) is 0.248. The van der Waals surface area contributed by atoms with Gasteiger partial charge >= 0.3 is 0 Å². The van der Waals surface area contributed by atoms with E-state index >= 15 is 0 Å². The molecule has 4 nitrogen and oxygen atoms in total. The number of aromatic amines is 1. The highest BCUT2D eigenvalue weighted by Gasteiger charge is 1.92. The summed E-state index contributed by atoms with van der Waals surface area (Å²) in [6.45, 7) is 0. The number of nitrogens with one attached hydrogen (secondary N) is 1. The van der Waals surface area contributed by atoms with Gasteiger partial charge in [0.25, 0.3) is 0 Å². The Morgan fingerprint density at radius 2 is 2.00 bits per heavy atom. The summed E-state index contributed by atoms with van der Waals surface area (Å²) >= 11 is 0. The lowest BCUT2D eigenvalue weighted by Gasteiger charge is -1.70. The highest BCUT2D eigenvalue weighted by molar-refractivity contribution is 5.80. The molecule has 1 aromatic heterocycles. The minimum Gasteiger partial charge on any atom is -0.400 e. The van der Waals surface area contributed by atoms with Crippen molar-refractivity contribution in [3.63, 3.8) is 0 Å². The molecule has 0 saturated carbocycles. The molecule has 0 atom stereocenters. The van der Waals surface area contributed by atoms with Gasteiger partial charge in [0.05, 0.1) is 5.69 Å². The van der Waals surface area contributed by atoms with Crippen molar-refractivity contribution in [3.8, 4) is 0 Å². The van der Waals surface area contributed by atoms with Crippen LogP contribution in [0.4, 0.5) is 0 Å². The minimum absolute atomic E-state index is 0.428. The summed E-state index contributed by atoms with van der Waals surface area (Å²) < 4.78 is 0. The van der Waals surface area contributed by atoms with E-state index in [2.05, 4.69) is 4.98 Å². The topological polar surface area (TPSA) is 70.2 Å². The third kappa shape index (κ3) is 2.77. The standard InChI is InChI=1S/C6H5NO2.CH4O/c8-3-5-1-6(4-9)7-2-5;1-2/h1-4,7H;2H,1H3. The summed E-state index contributed by atoms with van der Waals surface area (Å²) in [7, 11) is 1.00. The van der Waals surface area contributed by atoms with Gasteiger partial charge in [-0.05, 0) is 6.07 Å². The quantitative estimate of drug-likeness (QED) is 0.601. The molecule has 1 aromatic rings. The Bertz CT molecular complexity index is 207. The molecule has 0 unspecified atom stereocenters. The van der Waals surface area contributed by atoms with Crippen LogP contribution in [0.15, 0.2) is 12.3 Å². The molecule has 0 fully saturated rings. The first-order valence-corrected chi connectivity index (χ1v) is 2.90. The van der Waals surface area contributed by atoms with E-state index in [0.29, 0.717) is 23.8 Å². The molecule has 0 aliphatic rings. The summed E-state index contributed by atoms with van der Waals surface area (Å²) in [6.07, 6.45) is 2.83. The first-order chi connectivity index (χ1) is 5.36. The first kappa shape index (κ1) is 9.58. The number of rotatable bonds is 2. The van der Waals surface area contributed by atoms with Crippen molar-refractivity contribution in [3.05, 3.63) is 23.5 Å². The van der Waals surface area contributed by atoms with Crippen molar-refractivity contribution in [1.29, 1.82) is 0 Å². The number of H-pyrrole nitrogens is 1. The van der Waals surface area contributed by atoms with Crippen LogP contribution in [0, 0.1) is 0 Å². The second kappa shape index (κ2) is 5.37. The van der Waals surface area contributed by atoms with Crippen molar-refractivity contribution in [2.24, 2.45) is 0 Å². The zero-order chi connectivity index (χ0) is 8.69. The minimum atomic E-state index is 0.428. The van der Waals surface area contributed by atoms with E-state index in [9.17, 15) is 9.59 Å². The van der Waals surface area contributed by atoms with E-state index in [1.807, 2.05) is 0 Å². The Labute approximate surface area is 63.9 Å². The van der Waals surface area contributed by atoms with E-state index in [-0.39, 0.29) is 0 Å². The Morgan fingerprint density at radius 3 is 2.27 bits per heavy atom. The summed E-state index contributed by atoms with van der Waals surface area (Å²) in [5, 5.41) is 7.00. The normalized spacial score (nSPS) is 7.82. The molecule has 11 heavy (non-hydrogen) atoms. The summed E-state index contributed by atoms with van der Waals surface area (Å²) in [5.41, 5.74) is 0.925. The lowest BCUT2D eigenvalue weighted by atomic mass is 10.3. The number of aliphatic hydroxyl groups is 1. The zero-order valence-electron chi connectivity index (χ0n) is 6.07. The number of hydrogen-bond donors (Lipinski definition) is 2. The number of aliphatic hydroxyl groups excluding tert-OH is 1. The van der Waals surface area contributed by atoms with E-state index in [4.69, 9.17) is 5.11 Å². The van der Waals surface area contributed by atoms with Gasteiger partial charge in [0.15, 0.2) is 12.6 Å². The molecule has 0 saturated heterocycles. The van der Waals surface area contributed by atoms with Crippen LogP contribution in [0.2, 0.25) is 0 Å². The largest absolute Gasteiger partial charge is 0.400 e. The second-order valence-electron chi connectivity index (χ2n) is 1.62. The number of aldehydes is 2. The van der Waals surface area contributed by atoms with Gasteiger partial charge in [0.1, 0.15) is 0 Å². The lowest BCUT2D eigenvalue weighted by molar-refractivity contribution is 0.111. The summed E-state index contributed by atoms with van der Waals surface area (Å²) in [5.74, 6) is 0. The van der Waals surface area contributed by atoms with Crippen LogP contribution in [0.1, 0.15) is 20.8 Å². The van der Waals surface area contributed by atoms with Crippen LogP contribution in [0.3, 0.4) is 0 Å². The van der Waals surface area contributed by atoms with Crippen LogP contribution in [0.5, 0.6) is 0 Å². The highest BCUT2D eigenvalue weighted by Crippen LogP contribution is 1.95. The number of carbonyl (C=O) groups excluding carboxylic acids is 2. The molecule has 1 heterocycles. The predicted molar refractivity (Wildman–Crippen MR) is 39.7 cm³/mol. The molecular weight excluding hydrogens is 146 g/mol. The SMILES string of the molecule is CO.O=Cc1c[nH]c(C=O)c1. The molecule has 0 aromatic carbocycles. The average molecular weight is 155 g/mol. The van der Waals surface area contributed by atoms with Crippen LogP contribution < -0.4 is 0 Å². The van der Waals surface area contributed by atoms with Gasteiger partial charge < -0.3 is 10.1 Å². The number of carbonyl (C=O) groups is 2. The Kier molecular flexibility index (Phi) is 4.68. The summed E-state index contributed by atoms with van der Waals surface area (Å²) in [4.78, 5) is 22.6. The van der Waals surface area contributed by atoms with E-state index in [0.717, 1.165) is 7.11 Å². The van der Waals surface area contributed by atoms with Gasteiger partial charge in [-0.25, -0.2) is 0 Å². The molecule has 1 rings (SSSR count). The van der Waals surface area contributed by atoms with Crippen LogP contribution in [-0.4, -0.2) is 29.8 Å². The third-order valence-electron chi connectivity index (χ3n) is 0.991. The molecule has 0 amide bonds. The number of aromatic nitrogens is 1. The maximum absolute atomic E-state index is 10.00. The Hall–Kier alpha value is -1.42. The third-order valence-corrected chi connectivity index (χ3v) is 0.991. The van der Waals surface area contributed by atoms with Gasteiger partial charge in [-0.15, -0.1) is 0 Å². The average Bonchev–Trinajstić information content (AvgIpc) is 2.55. The second-order valence-corrected chi connectivity index (χ2v) is 1.62. The smallest absolute Gasteiger partial charge is 0.166 e. The van der Waals surface area contributed by atoms with E-state index in [1.165, 1.54) is 12.3 Å². The van der Waals surface area contributed by atoms with Gasteiger partial charge in [-0.2, -0.15) is 0 Å². The van der Waals surface area contributed by atoms with Crippen LogP contribution in [-0.2, 0) is 0 Å². The monoisotopic (exact) mass is 155 g/mol. The first-order valence-electron chi connectivity index (χ1n) is 2.90. The fraction of sp³-hybridized carbons (Fsp3) is 0.143. The molecular formula is C7H9NO3. The Morgan fingerprint density at radius 1 is 1.36 bits per heavy atom. The van der Waals surface area contributed by atoms with Crippen molar-refractivity contribution in [2.75, 3.05) is 7.11 Å². The zero-order valence-corrected chi connectivity index (χ0v) is 6.07. The van der Waals surface area contributed by atoms with E-state index < -0.39 is 0 Å². The van der Waals surface area contributed by atoms with Crippen LogP contribution in [0.25, 0.3) is 0 Å². The molecule has 0 spiro atoms. The van der Waals surface area contributed by atoms with Crippen LogP contribution >= 0.6 is 0 Å². The molecule has 2 N–H and O–H groups in total. The fourth-order valence-corrected chi connectivity index (χ4v) is 0.566. The van der Waals surface area contributed by atoms with Crippen molar-refractivity contribution >= 4 is 12.6 Å². The van der Waals surface area contributed by atoms with Crippen molar-refractivity contribution in [2.45, 2.75) is 0 Å². The van der Waals surface area contributed by atoms with Gasteiger partial charge in [-0.3, -0.25) is 9.59 Å². The maximum atomic E-state index is 10.00.